The number of carbonyl (C=O) groups is 1. The lowest BCUT2D eigenvalue weighted by Gasteiger charge is -2.33. The summed E-state index contributed by atoms with van der Waals surface area (Å²) in [6.45, 7) is 3.52. The molecular formula is C17H20ClN3O3. The van der Waals surface area contributed by atoms with Gasteiger partial charge in [0.05, 0.1) is 13.2 Å². The first-order valence-electron chi connectivity index (χ1n) is 8.06. The van der Waals surface area contributed by atoms with Gasteiger partial charge in [-0.25, -0.2) is 0 Å². The fourth-order valence-corrected chi connectivity index (χ4v) is 2.87. The lowest BCUT2D eigenvalue weighted by atomic mass is 10.1. The molecule has 2 heterocycles. The van der Waals surface area contributed by atoms with Crippen LogP contribution < -0.4 is 0 Å². The third kappa shape index (κ3) is 4.33. The van der Waals surface area contributed by atoms with Crippen LogP contribution in [-0.4, -0.2) is 40.6 Å². The zero-order valence-electron chi connectivity index (χ0n) is 13.6. The molecule has 1 amide bonds. The molecule has 1 aromatic heterocycles. The first kappa shape index (κ1) is 16.9. The van der Waals surface area contributed by atoms with Crippen LogP contribution in [0.15, 0.2) is 28.8 Å². The highest BCUT2D eigenvalue weighted by Gasteiger charge is 2.25. The van der Waals surface area contributed by atoms with Gasteiger partial charge in [0.1, 0.15) is 6.10 Å². The molecule has 1 aliphatic rings. The van der Waals surface area contributed by atoms with E-state index < -0.39 is 0 Å². The predicted octanol–water partition coefficient (Wildman–Crippen LogP) is 2.95. The number of aromatic nitrogens is 2. The average molecular weight is 350 g/mol. The van der Waals surface area contributed by atoms with Crippen molar-refractivity contribution in [3.8, 4) is 0 Å². The molecule has 0 aliphatic carbocycles. The van der Waals surface area contributed by atoms with Crippen molar-refractivity contribution < 1.29 is 14.1 Å². The van der Waals surface area contributed by atoms with Crippen molar-refractivity contribution in [1.29, 1.82) is 0 Å². The van der Waals surface area contributed by atoms with Crippen molar-refractivity contribution in [2.24, 2.45) is 0 Å². The summed E-state index contributed by atoms with van der Waals surface area (Å²) in [6.07, 6.45) is 1.69. The van der Waals surface area contributed by atoms with Gasteiger partial charge in [0.15, 0.2) is 5.82 Å². The van der Waals surface area contributed by atoms with Crippen molar-refractivity contribution in [1.82, 2.24) is 15.0 Å². The molecule has 24 heavy (non-hydrogen) atoms. The summed E-state index contributed by atoms with van der Waals surface area (Å²) in [4.78, 5) is 18.4. The molecule has 0 N–H and O–H groups in total. The fourth-order valence-electron chi connectivity index (χ4n) is 2.75. The zero-order valence-corrected chi connectivity index (χ0v) is 14.3. The largest absolute Gasteiger partial charge is 0.370 e. The molecule has 1 saturated heterocycles. The van der Waals surface area contributed by atoms with Crippen molar-refractivity contribution in [3.05, 3.63) is 46.6 Å². The van der Waals surface area contributed by atoms with E-state index in [-0.39, 0.29) is 12.0 Å². The Kier molecular flexibility index (Phi) is 5.48. The predicted molar refractivity (Wildman–Crippen MR) is 88.7 cm³/mol. The van der Waals surface area contributed by atoms with Crippen molar-refractivity contribution in [2.45, 2.75) is 32.3 Å². The second-order valence-electron chi connectivity index (χ2n) is 5.84. The molecular weight excluding hydrogens is 330 g/mol. The Balaban J connectivity index is 1.50. The molecule has 3 rings (SSSR count). The molecule has 2 aromatic rings. The Morgan fingerprint density at radius 1 is 1.38 bits per heavy atom. The van der Waals surface area contributed by atoms with Gasteiger partial charge in [-0.1, -0.05) is 28.9 Å². The van der Waals surface area contributed by atoms with Gasteiger partial charge in [-0.2, -0.15) is 4.98 Å². The van der Waals surface area contributed by atoms with Gasteiger partial charge in [-0.3, -0.25) is 4.79 Å². The number of amides is 1. The summed E-state index contributed by atoms with van der Waals surface area (Å²) in [5, 5.41) is 4.44. The average Bonchev–Trinajstić information content (AvgIpc) is 3.01. The summed E-state index contributed by atoms with van der Waals surface area (Å²) in [5.41, 5.74) is 1.04. The van der Waals surface area contributed by atoms with E-state index >= 15 is 0 Å². The minimum Gasteiger partial charge on any atom is -0.370 e. The van der Waals surface area contributed by atoms with Crippen LogP contribution in [0, 0.1) is 6.92 Å². The van der Waals surface area contributed by atoms with Crippen LogP contribution in [0.2, 0.25) is 5.02 Å². The summed E-state index contributed by atoms with van der Waals surface area (Å²) < 4.78 is 10.8. The Morgan fingerprint density at radius 2 is 2.17 bits per heavy atom. The van der Waals surface area contributed by atoms with E-state index in [1.807, 2.05) is 29.2 Å². The maximum absolute atomic E-state index is 12.4. The van der Waals surface area contributed by atoms with Crippen LogP contribution in [0.3, 0.4) is 0 Å². The molecule has 1 fully saturated rings. The van der Waals surface area contributed by atoms with Gasteiger partial charge in [-0.05, 0) is 31.0 Å². The highest BCUT2D eigenvalue weighted by Crippen LogP contribution is 2.24. The molecule has 0 radical (unpaired) electrons. The van der Waals surface area contributed by atoms with Crippen molar-refractivity contribution >= 4 is 17.5 Å². The van der Waals surface area contributed by atoms with Crippen LogP contribution in [0.4, 0.5) is 0 Å². The van der Waals surface area contributed by atoms with E-state index in [0.717, 1.165) is 5.56 Å². The van der Waals surface area contributed by atoms with Crippen LogP contribution in [-0.2, 0) is 16.0 Å². The molecule has 1 aliphatic heterocycles. The third-order valence-electron chi connectivity index (χ3n) is 4.01. The molecule has 0 spiro atoms. The Bertz CT molecular complexity index is 687. The van der Waals surface area contributed by atoms with Gasteiger partial charge in [0, 0.05) is 24.4 Å². The second kappa shape index (κ2) is 7.77. The summed E-state index contributed by atoms with van der Waals surface area (Å²) >= 11 is 5.92. The molecule has 6 nitrogen and oxygen atoms in total. The second-order valence-corrected chi connectivity index (χ2v) is 6.28. The minimum atomic E-state index is -0.0986. The van der Waals surface area contributed by atoms with Gasteiger partial charge in [-0.15, -0.1) is 0 Å². The number of carbonyl (C=O) groups excluding carboxylic acids is 1. The first-order chi connectivity index (χ1) is 11.6. The molecule has 0 bridgehead atoms. The maximum Gasteiger partial charge on any atom is 0.226 e. The zero-order chi connectivity index (χ0) is 16.9. The molecule has 7 heteroatoms. The van der Waals surface area contributed by atoms with E-state index in [9.17, 15) is 4.79 Å². The highest BCUT2D eigenvalue weighted by atomic mass is 35.5. The van der Waals surface area contributed by atoms with Crippen LogP contribution in [0.25, 0.3) is 0 Å². The number of hydrogen-bond acceptors (Lipinski definition) is 5. The number of benzene rings is 1. The smallest absolute Gasteiger partial charge is 0.226 e. The number of nitrogens with zero attached hydrogens (tertiary/aromatic N) is 3. The number of morpholine rings is 1. The lowest BCUT2D eigenvalue weighted by Crippen LogP contribution is -2.42. The SMILES string of the molecule is Cc1noc(CCCC(=O)N2CCO[C@@H](c3ccc(Cl)cc3)C2)n1. The normalized spacial score (nSPS) is 17.9. The van der Waals surface area contributed by atoms with E-state index in [0.29, 0.717) is 55.7 Å². The molecule has 0 unspecified atom stereocenters. The van der Waals surface area contributed by atoms with Gasteiger partial charge in [0.2, 0.25) is 11.8 Å². The Morgan fingerprint density at radius 3 is 2.88 bits per heavy atom. The van der Waals surface area contributed by atoms with Crippen molar-refractivity contribution in [2.75, 3.05) is 19.7 Å². The first-order valence-corrected chi connectivity index (χ1v) is 8.43. The topological polar surface area (TPSA) is 68.5 Å². The van der Waals surface area contributed by atoms with Gasteiger partial charge < -0.3 is 14.2 Å². The number of hydrogen-bond donors (Lipinski definition) is 0. The monoisotopic (exact) mass is 349 g/mol. The molecule has 0 saturated carbocycles. The lowest BCUT2D eigenvalue weighted by molar-refractivity contribution is -0.139. The molecule has 128 valence electrons. The summed E-state index contributed by atoms with van der Waals surface area (Å²) in [7, 11) is 0. The summed E-state index contributed by atoms with van der Waals surface area (Å²) in [5.74, 6) is 1.34. The maximum atomic E-state index is 12.4. The van der Waals surface area contributed by atoms with Crippen molar-refractivity contribution in [3.63, 3.8) is 0 Å². The number of rotatable bonds is 5. The Labute approximate surface area is 145 Å². The van der Waals surface area contributed by atoms with E-state index in [2.05, 4.69) is 10.1 Å². The Hall–Kier alpha value is -1.92. The minimum absolute atomic E-state index is 0.0986. The van der Waals surface area contributed by atoms with E-state index in [4.69, 9.17) is 20.9 Å². The quantitative estimate of drug-likeness (QED) is 0.830. The number of ether oxygens (including phenoxy) is 1. The number of aryl methyl sites for hydroxylation is 2. The number of halogens is 1. The van der Waals surface area contributed by atoms with Gasteiger partial charge in [0.25, 0.3) is 0 Å². The molecule has 1 atom stereocenters. The van der Waals surface area contributed by atoms with Crippen LogP contribution >= 0.6 is 11.6 Å². The third-order valence-corrected chi connectivity index (χ3v) is 4.26. The highest BCUT2D eigenvalue weighted by molar-refractivity contribution is 6.30. The summed E-state index contributed by atoms with van der Waals surface area (Å²) in [6, 6.07) is 7.57. The van der Waals surface area contributed by atoms with E-state index in [1.54, 1.807) is 6.92 Å². The molecule has 1 aromatic carbocycles. The van der Waals surface area contributed by atoms with Gasteiger partial charge >= 0.3 is 0 Å². The standard InChI is InChI=1S/C17H20ClN3O3/c1-12-19-16(24-20-12)3-2-4-17(22)21-9-10-23-15(11-21)13-5-7-14(18)8-6-13/h5-8,15H,2-4,9-11H2,1H3/t15-/m1/s1. The van der Waals surface area contributed by atoms with E-state index in [1.165, 1.54) is 0 Å². The fraction of sp³-hybridized carbons (Fsp3) is 0.471. The van der Waals surface area contributed by atoms with Crippen LogP contribution in [0.1, 0.15) is 36.2 Å². The van der Waals surface area contributed by atoms with Crippen LogP contribution in [0.5, 0.6) is 0 Å².